The zero-order valence-electron chi connectivity index (χ0n) is 17.7. The lowest BCUT2D eigenvalue weighted by Gasteiger charge is -2.12. The number of aromatic nitrogens is 2. The standard InChI is InChI=1S/C24H22N4O4/c1-16-10-11-21(31-2)18(13-16)26-23(29)15-25-24(30)20-14-19(22-9-6-12-32-22)27-28(20)17-7-4-3-5-8-17/h3-14H,15H2,1-2H3,(H,25,30)(H,26,29). The summed E-state index contributed by atoms with van der Waals surface area (Å²) in [7, 11) is 1.53. The molecule has 2 amide bonds. The van der Waals surface area contributed by atoms with Crippen molar-refractivity contribution >= 4 is 17.5 Å². The van der Waals surface area contributed by atoms with Crippen molar-refractivity contribution in [1.82, 2.24) is 15.1 Å². The maximum atomic E-state index is 12.9. The molecule has 0 fully saturated rings. The Morgan fingerprint density at radius 1 is 1.06 bits per heavy atom. The van der Waals surface area contributed by atoms with Crippen LogP contribution in [0.5, 0.6) is 5.75 Å². The van der Waals surface area contributed by atoms with E-state index < -0.39 is 5.91 Å². The van der Waals surface area contributed by atoms with Gasteiger partial charge in [0.1, 0.15) is 17.1 Å². The molecule has 0 aliphatic carbocycles. The van der Waals surface area contributed by atoms with Crippen LogP contribution in [-0.4, -0.2) is 35.2 Å². The van der Waals surface area contributed by atoms with Gasteiger partial charge in [-0.15, -0.1) is 0 Å². The number of para-hydroxylation sites is 1. The molecule has 2 heterocycles. The lowest BCUT2D eigenvalue weighted by atomic mass is 10.2. The SMILES string of the molecule is COc1ccc(C)cc1NC(=O)CNC(=O)c1cc(-c2ccco2)nn1-c1ccccc1. The van der Waals surface area contributed by atoms with Gasteiger partial charge in [0.15, 0.2) is 5.76 Å². The van der Waals surface area contributed by atoms with Gasteiger partial charge in [-0.25, -0.2) is 4.68 Å². The second kappa shape index (κ2) is 9.22. The number of aryl methyl sites for hydroxylation is 1. The summed E-state index contributed by atoms with van der Waals surface area (Å²) in [5, 5.41) is 9.94. The quantitative estimate of drug-likeness (QED) is 0.465. The normalized spacial score (nSPS) is 10.6. The van der Waals surface area contributed by atoms with Crippen LogP contribution in [0.4, 0.5) is 5.69 Å². The molecule has 162 valence electrons. The number of nitrogens with one attached hydrogen (secondary N) is 2. The molecule has 0 spiro atoms. The first-order chi connectivity index (χ1) is 15.5. The summed E-state index contributed by atoms with van der Waals surface area (Å²) in [5.41, 5.74) is 3.02. The smallest absolute Gasteiger partial charge is 0.270 e. The molecule has 0 unspecified atom stereocenters. The van der Waals surface area contributed by atoms with Crippen molar-refractivity contribution in [3.8, 4) is 22.9 Å². The molecule has 0 radical (unpaired) electrons. The molecule has 0 saturated carbocycles. The number of amides is 2. The van der Waals surface area contributed by atoms with Gasteiger partial charge in [0.2, 0.25) is 5.91 Å². The highest BCUT2D eigenvalue weighted by Gasteiger charge is 2.19. The Hall–Kier alpha value is -4.33. The van der Waals surface area contributed by atoms with E-state index in [2.05, 4.69) is 15.7 Å². The minimum absolute atomic E-state index is 0.216. The van der Waals surface area contributed by atoms with Gasteiger partial charge in [-0.2, -0.15) is 5.10 Å². The fourth-order valence-corrected chi connectivity index (χ4v) is 3.22. The first-order valence-corrected chi connectivity index (χ1v) is 9.97. The number of ether oxygens (including phenoxy) is 1. The third kappa shape index (κ3) is 4.54. The van der Waals surface area contributed by atoms with Crippen LogP contribution in [-0.2, 0) is 4.79 Å². The number of carbonyl (C=O) groups is 2. The highest BCUT2D eigenvalue weighted by molar-refractivity contribution is 5.99. The molecule has 0 saturated heterocycles. The summed E-state index contributed by atoms with van der Waals surface area (Å²) < 4.78 is 12.2. The van der Waals surface area contributed by atoms with Crippen molar-refractivity contribution in [2.45, 2.75) is 6.92 Å². The number of hydrogen-bond acceptors (Lipinski definition) is 5. The Kier molecular flexibility index (Phi) is 6.03. The number of nitrogens with zero attached hydrogens (tertiary/aromatic N) is 2. The van der Waals surface area contributed by atoms with Crippen LogP contribution in [0.3, 0.4) is 0 Å². The van der Waals surface area contributed by atoms with Gasteiger partial charge in [0.05, 0.1) is 31.3 Å². The van der Waals surface area contributed by atoms with Crippen molar-refractivity contribution in [1.29, 1.82) is 0 Å². The molecule has 0 aliphatic rings. The number of methoxy groups -OCH3 is 1. The summed E-state index contributed by atoms with van der Waals surface area (Å²) >= 11 is 0. The lowest BCUT2D eigenvalue weighted by molar-refractivity contribution is -0.115. The van der Waals surface area contributed by atoms with Gasteiger partial charge in [0, 0.05) is 6.07 Å². The maximum absolute atomic E-state index is 12.9. The number of benzene rings is 2. The van der Waals surface area contributed by atoms with E-state index in [0.29, 0.717) is 28.6 Å². The molecule has 0 bridgehead atoms. The van der Waals surface area contributed by atoms with E-state index in [4.69, 9.17) is 9.15 Å². The third-order valence-electron chi connectivity index (χ3n) is 4.75. The number of hydrogen-bond donors (Lipinski definition) is 2. The fraction of sp³-hybridized carbons (Fsp3) is 0.125. The second-order valence-corrected chi connectivity index (χ2v) is 7.07. The highest BCUT2D eigenvalue weighted by Crippen LogP contribution is 2.25. The maximum Gasteiger partial charge on any atom is 0.270 e. The molecule has 0 aliphatic heterocycles. The molecule has 8 heteroatoms. The Morgan fingerprint density at radius 2 is 1.88 bits per heavy atom. The molecule has 4 rings (SSSR count). The highest BCUT2D eigenvalue weighted by atomic mass is 16.5. The molecular formula is C24H22N4O4. The number of carbonyl (C=O) groups excluding carboxylic acids is 2. The van der Waals surface area contributed by atoms with Gasteiger partial charge >= 0.3 is 0 Å². The van der Waals surface area contributed by atoms with Gasteiger partial charge in [-0.3, -0.25) is 9.59 Å². The minimum Gasteiger partial charge on any atom is -0.495 e. The van der Waals surface area contributed by atoms with Crippen LogP contribution in [0.25, 0.3) is 17.1 Å². The van der Waals surface area contributed by atoms with E-state index in [-0.39, 0.29) is 18.1 Å². The van der Waals surface area contributed by atoms with Crippen molar-refractivity contribution in [3.63, 3.8) is 0 Å². The average Bonchev–Trinajstić information content (AvgIpc) is 3.48. The fourth-order valence-electron chi connectivity index (χ4n) is 3.22. The Morgan fingerprint density at radius 3 is 2.59 bits per heavy atom. The molecule has 2 aromatic carbocycles. The zero-order chi connectivity index (χ0) is 22.5. The van der Waals surface area contributed by atoms with Crippen LogP contribution in [0.15, 0.2) is 77.4 Å². The zero-order valence-corrected chi connectivity index (χ0v) is 17.7. The predicted octanol–water partition coefficient (Wildman–Crippen LogP) is 3.82. The molecular weight excluding hydrogens is 408 g/mol. The van der Waals surface area contributed by atoms with E-state index in [1.54, 1.807) is 36.6 Å². The first-order valence-electron chi connectivity index (χ1n) is 9.97. The minimum atomic E-state index is -0.439. The summed E-state index contributed by atoms with van der Waals surface area (Å²) in [4.78, 5) is 25.4. The van der Waals surface area contributed by atoms with Crippen molar-refractivity contribution in [3.05, 3.63) is 84.3 Å². The predicted molar refractivity (Wildman–Crippen MR) is 120 cm³/mol. The summed E-state index contributed by atoms with van der Waals surface area (Å²) in [6.07, 6.45) is 1.54. The van der Waals surface area contributed by atoms with Gasteiger partial charge in [0.25, 0.3) is 5.91 Å². The van der Waals surface area contributed by atoms with Crippen LogP contribution in [0, 0.1) is 6.92 Å². The summed E-state index contributed by atoms with van der Waals surface area (Å²) in [6, 6.07) is 19.9. The molecule has 2 aromatic heterocycles. The third-order valence-corrected chi connectivity index (χ3v) is 4.75. The van der Waals surface area contributed by atoms with Crippen molar-refractivity contribution in [2.75, 3.05) is 19.0 Å². The van der Waals surface area contributed by atoms with Crippen molar-refractivity contribution in [2.24, 2.45) is 0 Å². The number of anilines is 1. The summed E-state index contributed by atoms with van der Waals surface area (Å²) in [6.45, 7) is 1.70. The van der Waals surface area contributed by atoms with Crippen LogP contribution >= 0.6 is 0 Å². The largest absolute Gasteiger partial charge is 0.495 e. The van der Waals surface area contributed by atoms with E-state index >= 15 is 0 Å². The average molecular weight is 430 g/mol. The van der Waals surface area contributed by atoms with Crippen LogP contribution < -0.4 is 15.4 Å². The van der Waals surface area contributed by atoms with E-state index in [0.717, 1.165) is 5.56 Å². The van der Waals surface area contributed by atoms with Crippen molar-refractivity contribution < 1.29 is 18.7 Å². The molecule has 0 atom stereocenters. The monoisotopic (exact) mass is 430 g/mol. The lowest BCUT2D eigenvalue weighted by Crippen LogP contribution is -2.34. The Bertz CT molecular complexity index is 1230. The first kappa shape index (κ1) is 20.9. The Balaban J connectivity index is 1.52. The molecule has 2 N–H and O–H groups in total. The van der Waals surface area contributed by atoms with Crippen LogP contribution in [0.1, 0.15) is 16.1 Å². The molecule has 32 heavy (non-hydrogen) atoms. The topological polar surface area (TPSA) is 98.4 Å². The molecule has 4 aromatic rings. The number of rotatable bonds is 7. The van der Waals surface area contributed by atoms with Gasteiger partial charge < -0.3 is 19.8 Å². The Labute approximate surface area is 184 Å². The molecule has 8 nitrogen and oxygen atoms in total. The second-order valence-electron chi connectivity index (χ2n) is 7.07. The van der Waals surface area contributed by atoms with E-state index in [1.165, 1.54) is 11.8 Å². The van der Waals surface area contributed by atoms with E-state index in [1.807, 2.05) is 43.3 Å². The van der Waals surface area contributed by atoms with Gasteiger partial charge in [-0.1, -0.05) is 24.3 Å². The van der Waals surface area contributed by atoms with Crippen LogP contribution in [0.2, 0.25) is 0 Å². The summed E-state index contributed by atoms with van der Waals surface area (Å²) in [5.74, 6) is 0.267. The van der Waals surface area contributed by atoms with E-state index in [9.17, 15) is 9.59 Å². The number of furan rings is 1. The van der Waals surface area contributed by atoms with Gasteiger partial charge in [-0.05, 0) is 48.9 Å².